The van der Waals surface area contributed by atoms with Crippen molar-refractivity contribution in [1.29, 1.82) is 0 Å². The third kappa shape index (κ3) is 2.81. The lowest BCUT2D eigenvalue weighted by Crippen LogP contribution is -2.30. The van der Waals surface area contributed by atoms with E-state index in [0.29, 0.717) is 0 Å². The van der Waals surface area contributed by atoms with Crippen LogP contribution in [0.5, 0.6) is 0 Å². The fourth-order valence-electron chi connectivity index (χ4n) is 0.952. The highest BCUT2D eigenvalue weighted by atomic mass is 16.2. The number of hydrogen-bond donors (Lipinski definition) is 3. The molecular weight excluding hydrogens is 226 g/mol. The van der Waals surface area contributed by atoms with Gasteiger partial charge in [0.2, 0.25) is 11.9 Å². The Kier molecular flexibility index (Phi) is 3.01. The molecule has 0 unspecified atom stereocenters. The van der Waals surface area contributed by atoms with Crippen LogP contribution in [0.25, 0.3) is 0 Å². The number of nitrogens with one attached hydrogen (secondary N) is 3. The Morgan fingerprint density at radius 1 is 1.06 bits per heavy atom. The first-order chi connectivity index (χ1) is 8.25. The number of aromatic amines is 1. The second-order valence-electron chi connectivity index (χ2n) is 2.81. The van der Waals surface area contributed by atoms with E-state index in [4.69, 9.17) is 0 Å². The minimum absolute atomic E-state index is 0.0465. The van der Waals surface area contributed by atoms with E-state index in [1.165, 1.54) is 18.7 Å². The molecule has 9 heteroatoms. The molecule has 0 radical (unpaired) electrons. The number of H-pyrrole nitrogens is 1. The highest BCUT2D eigenvalue weighted by molar-refractivity contribution is 6.43. The van der Waals surface area contributed by atoms with Gasteiger partial charge in [-0.15, -0.1) is 0 Å². The molecule has 0 saturated carbocycles. The number of rotatable bonds is 2. The van der Waals surface area contributed by atoms with Crippen molar-refractivity contribution in [3.8, 4) is 0 Å². The molecule has 0 aromatic carbocycles. The first kappa shape index (κ1) is 10.7. The lowest BCUT2D eigenvalue weighted by Gasteiger charge is -2.01. The molecule has 2 amide bonds. The zero-order valence-electron chi connectivity index (χ0n) is 8.41. The average Bonchev–Trinajstić information content (AvgIpc) is 2.83. The van der Waals surface area contributed by atoms with Crippen LogP contribution in [0.15, 0.2) is 24.8 Å². The maximum absolute atomic E-state index is 11.4. The van der Waals surface area contributed by atoms with Crippen molar-refractivity contribution >= 4 is 23.7 Å². The summed E-state index contributed by atoms with van der Waals surface area (Å²) < 4.78 is 0. The van der Waals surface area contributed by atoms with Crippen molar-refractivity contribution < 1.29 is 9.59 Å². The molecule has 2 rings (SSSR count). The number of anilines is 2. The van der Waals surface area contributed by atoms with Gasteiger partial charge < -0.3 is 0 Å². The van der Waals surface area contributed by atoms with Crippen LogP contribution in [0.4, 0.5) is 11.9 Å². The van der Waals surface area contributed by atoms with Crippen LogP contribution in [0, 0.1) is 0 Å². The molecule has 0 bridgehead atoms. The lowest BCUT2D eigenvalue weighted by atomic mass is 10.5. The van der Waals surface area contributed by atoms with Crippen LogP contribution in [0.2, 0.25) is 0 Å². The van der Waals surface area contributed by atoms with E-state index in [-0.39, 0.29) is 11.9 Å². The van der Waals surface area contributed by atoms with Crippen LogP contribution in [0.1, 0.15) is 0 Å². The maximum Gasteiger partial charge on any atom is 0.316 e. The first-order valence-electron chi connectivity index (χ1n) is 4.50. The largest absolute Gasteiger partial charge is 0.316 e. The van der Waals surface area contributed by atoms with E-state index >= 15 is 0 Å². The Morgan fingerprint density at radius 3 is 2.41 bits per heavy atom. The number of amides is 2. The van der Waals surface area contributed by atoms with Crippen molar-refractivity contribution in [3.05, 3.63) is 24.8 Å². The minimum atomic E-state index is -0.896. The SMILES string of the molecule is O=C(Nc1ncccn1)C(=O)Nc1ncn[nH]1. The number of nitrogens with zero attached hydrogens (tertiary/aromatic N) is 4. The average molecular weight is 233 g/mol. The van der Waals surface area contributed by atoms with E-state index < -0.39 is 11.8 Å². The van der Waals surface area contributed by atoms with Gasteiger partial charge in [-0.3, -0.25) is 20.2 Å². The molecule has 0 fully saturated rings. The highest BCUT2D eigenvalue weighted by Gasteiger charge is 2.15. The van der Waals surface area contributed by atoms with Gasteiger partial charge in [0, 0.05) is 12.4 Å². The number of hydrogen-bond acceptors (Lipinski definition) is 6. The standard InChI is InChI=1S/C8H7N7O2/c16-5(13-7-9-2-1-3-10-7)6(17)14-8-11-4-12-15-8/h1-4H,(H,9,10,13,16)(H2,11,12,14,15,17). The summed E-state index contributed by atoms with van der Waals surface area (Å²) in [5.74, 6) is -1.66. The molecule has 2 aromatic heterocycles. The summed E-state index contributed by atoms with van der Waals surface area (Å²) in [4.78, 5) is 33.8. The molecule has 86 valence electrons. The van der Waals surface area contributed by atoms with E-state index in [9.17, 15) is 9.59 Å². The molecular formula is C8H7N7O2. The molecule has 0 atom stereocenters. The van der Waals surface area contributed by atoms with Crippen molar-refractivity contribution in [2.75, 3.05) is 10.6 Å². The molecule has 3 N–H and O–H groups in total. The third-order valence-corrected chi connectivity index (χ3v) is 1.64. The second-order valence-corrected chi connectivity index (χ2v) is 2.81. The molecule has 0 aliphatic heterocycles. The van der Waals surface area contributed by atoms with Crippen LogP contribution >= 0.6 is 0 Å². The molecule has 2 heterocycles. The predicted molar refractivity (Wildman–Crippen MR) is 55.7 cm³/mol. The van der Waals surface area contributed by atoms with Gasteiger partial charge >= 0.3 is 11.8 Å². The highest BCUT2D eigenvalue weighted by Crippen LogP contribution is 1.96. The van der Waals surface area contributed by atoms with Gasteiger partial charge in [-0.25, -0.2) is 15.1 Å². The van der Waals surface area contributed by atoms with Gasteiger partial charge in [0.1, 0.15) is 6.33 Å². The first-order valence-corrected chi connectivity index (χ1v) is 4.50. The Hall–Kier alpha value is -2.84. The summed E-state index contributed by atoms with van der Waals surface area (Å²) in [6.45, 7) is 0. The molecule has 0 aliphatic rings. The summed E-state index contributed by atoms with van der Waals surface area (Å²) in [6.07, 6.45) is 4.09. The van der Waals surface area contributed by atoms with Crippen molar-refractivity contribution in [1.82, 2.24) is 25.1 Å². The molecule has 17 heavy (non-hydrogen) atoms. The molecule has 0 aliphatic carbocycles. The van der Waals surface area contributed by atoms with Gasteiger partial charge in [0.05, 0.1) is 0 Å². The summed E-state index contributed by atoms with van der Waals surface area (Å²) >= 11 is 0. The fourth-order valence-corrected chi connectivity index (χ4v) is 0.952. The van der Waals surface area contributed by atoms with Gasteiger partial charge in [-0.2, -0.15) is 10.1 Å². The van der Waals surface area contributed by atoms with Crippen LogP contribution in [-0.2, 0) is 9.59 Å². The summed E-state index contributed by atoms with van der Waals surface area (Å²) in [7, 11) is 0. The van der Waals surface area contributed by atoms with Gasteiger partial charge in [-0.05, 0) is 6.07 Å². The van der Waals surface area contributed by atoms with E-state index in [0.717, 1.165) is 0 Å². The van der Waals surface area contributed by atoms with Crippen molar-refractivity contribution in [2.45, 2.75) is 0 Å². The van der Waals surface area contributed by atoms with Crippen LogP contribution in [0.3, 0.4) is 0 Å². The predicted octanol–water partition coefficient (Wildman–Crippen LogP) is -0.828. The van der Waals surface area contributed by atoms with Gasteiger partial charge in [0.25, 0.3) is 0 Å². The summed E-state index contributed by atoms with van der Waals surface area (Å²) in [5.41, 5.74) is 0. The van der Waals surface area contributed by atoms with E-state index in [2.05, 4.69) is 35.8 Å². The number of aromatic nitrogens is 5. The zero-order chi connectivity index (χ0) is 12.1. The quantitative estimate of drug-likeness (QED) is 0.581. The monoisotopic (exact) mass is 233 g/mol. The minimum Gasteiger partial charge on any atom is -0.287 e. The lowest BCUT2D eigenvalue weighted by molar-refractivity contribution is -0.133. The van der Waals surface area contributed by atoms with E-state index in [1.807, 2.05) is 0 Å². The van der Waals surface area contributed by atoms with Crippen LogP contribution < -0.4 is 10.6 Å². The van der Waals surface area contributed by atoms with Crippen molar-refractivity contribution in [2.24, 2.45) is 0 Å². The van der Waals surface area contributed by atoms with E-state index in [1.54, 1.807) is 6.07 Å². The Labute approximate surface area is 94.7 Å². The maximum atomic E-state index is 11.4. The molecule has 0 spiro atoms. The summed E-state index contributed by atoms with van der Waals surface area (Å²) in [6, 6.07) is 1.59. The Balaban J connectivity index is 1.94. The van der Waals surface area contributed by atoms with Crippen LogP contribution in [-0.4, -0.2) is 37.0 Å². The zero-order valence-corrected chi connectivity index (χ0v) is 8.41. The number of carbonyl (C=O) groups is 2. The Morgan fingerprint density at radius 2 is 1.76 bits per heavy atom. The van der Waals surface area contributed by atoms with Crippen molar-refractivity contribution in [3.63, 3.8) is 0 Å². The van der Waals surface area contributed by atoms with Gasteiger partial charge in [-0.1, -0.05) is 0 Å². The molecule has 0 saturated heterocycles. The summed E-state index contributed by atoms with van der Waals surface area (Å²) in [5, 5.41) is 10.3. The second kappa shape index (κ2) is 4.79. The topological polar surface area (TPSA) is 126 Å². The fraction of sp³-hybridized carbons (Fsp3) is 0. The molecule has 9 nitrogen and oxygen atoms in total. The third-order valence-electron chi connectivity index (χ3n) is 1.64. The molecule has 2 aromatic rings. The number of carbonyl (C=O) groups excluding carboxylic acids is 2. The smallest absolute Gasteiger partial charge is 0.287 e. The normalized spacial score (nSPS) is 9.65. The Bertz CT molecular complexity index is 510. The van der Waals surface area contributed by atoms with Gasteiger partial charge in [0.15, 0.2) is 0 Å².